The molecule has 2 saturated heterocycles. The molecule has 2 heterocycles. The van der Waals surface area contributed by atoms with Gasteiger partial charge < -0.3 is 54.7 Å². The quantitative estimate of drug-likeness (QED) is 0.0859. The van der Waals surface area contributed by atoms with Crippen molar-refractivity contribution in [2.75, 3.05) is 26.4 Å². The van der Waals surface area contributed by atoms with E-state index in [-0.39, 0.29) is 6.61 Å². The van der Waals surface area contributed by atoms with Crippen molar-refractivity contribution in [2.24, 2.45) is 0 Å². The van der Waals surface area contributed by atoms with Gasteiger partial charge in [-0.1, -0.05) is 103 Å². The predicted octanol–water partition coefficient (Wildman–Crippen LogP) is 1.89. The maximum atomic E-state index is 10.4. The van der Waals surface area contributed by atoms with Gasteiger partial charge in [0.15, 0.2) is 6.29 Å². The van der Waals surface area contributed by atoms with Gasteiger partial charge in [0.25, 0.3) is 0 Å². The Kier molecular flexibility index (Phi) is 18.4. The molecule has 0 spiro atoms. The molecule has 2 aliphatic heterocycles. The normalized spacial score (nSPS) is 34.0. The summed E-state index contributed by atoms with van der Waals surface area (Å²) in [5.74, 6) is -2.20. The summed E-state index contributed by atoms with van der Waals surface area (Å²) >= 11 is 0. The van der Waals surface area contributed by atoms with E-state index >= 15 is 0 Å². The average Bonchev–Trinajstić information content (AvgIpc) is 3.22. The van der Waals surface area contributed by atoms with Crippen molar-refractivity contribution < 1.29 is 54.7 Å². The highest BCUT2D eigenvalue weighted by atomic mass is 16.8. The van der Waals surface area contributed by atoms with Crippen LogP contribution >= 0.6 is 0 Å². The van der Waals surface area contributed by atoms with E-state index in [1.807, 2.05) is 0 Å². The number of aliphatic hydroxyl groups excluding tert-OH is 7. The van der Waals surface area contributed by atoms with Gasteiger partial charge in [-0.05, 0) is 6.42 Å². The molecule has 0 aromatic rings. The lowest BCUT2D eigenvalue weighted by Gasteiger charge is -2.43. The fraction of sp³-hybridized carbons (Fsp3) is 1.00. The van der Waals surface area contributed by atoms with Gasteiger partial charge in [-0.25, -0.2) is 0 Å². The minimum Gasteiger partial charge on any atom is -0.394 e. The lowest BCUT2D eigenvalue weighted by Crippen LogP contribution is -2.62. The van der Waals surface area contributed by atoms with Crippen molar-refractivity contribution in [1.29, 1.82) is 0 Å². The number of ether oxygens (including phenoxy) is 4. The summed E-state index contributed by atoms with van der Waals surface area (Å²) in [6.45, 7) is 1.07. The first-order chi connectivity index (χ1) is 19.8. The fourth-order valence-electron chi connectivity index (χ4n) is 5.57. The molecular formula is C30H58O11. The lowest BCUT2D eigenvalue weighted by molar-refractivity contribution is -0.384. The van der Waals surface area contributed by atoms with Crippen molar-refractivity contribution in [3.8, 4) is 0 Å². The van der Waals surface area contributed by atoms with Gasteiger partial charge in [-0.2, -0.15) is 0 Å². The second-order valence-electron chi connectivity index (χ2n) is 11.8. The van der Waals surface area contributed by atoms with E-state index in [0.29, 0.717) is 6.61 Å². The Bertz CT molecular complexity index is 656. The Labute approximate surface area is 245 Å². The van der Waals surface area contributed by atoms with Gasteiger partial charge in [0, 0.05) is 6.61 Å². The molecule has 0 bridgehead atoms. The molecule has 0 aromatic heterocycles. The van der Waals surface area contributed by atoms with Crippen LogP contribution < -0.4 is 0 Å². The molecule has 41 heavy (non-hydrogen) atoms. The molecule has 0 saturated carbocycles. The molecule has 7 N–H and O–H groups in total. The molecule has 11 heteroatoms. The summed E-state index contributed by atoms with van der Waals surface area (Å²) in [6, 6.07) is 0. The first kappa shape index (κ1) is 36.8. The molecule has 11 nitrogen and oxygen atoms in total. The molecule has 2 rings (SSSR count). The van der Waals surface area contributed by atoms with E-state index in [1.165, 1.54) is 83.5 Å². The maximum Gasteiger partial charge on any atom is 0.224 e. The van der Waals surface area contributed by atoms with Crippen LogP contribution in [0.25, 0.3) is 0 Å². The zero-order chi connectivity index (χ0) is 30.1. The monoisotopic (exact) mass is 594 g/mol. The fourth-order valence-corrected chi connectivity index (χ4v) is 5.57. The van der Waals surface area contributed by atoms with Crippen LogP contribution in [0.15, 0.2) is 0 Å². The van der Waals surface area contributed by atoms with Gasteiger partial charge in [-0.15, -0.1) is 0 Å². The van der Waals surface area contributed by atoms with Crippen LogP contribution in [0.4, 0.5) is 0 Å². The maximum absolute atomic E-state index is 10.4. The third-order valence-corrected chi connectivity index (χ3v) is 8.31. The Morgan fingerprint density at radius 2 is 1.12 bits per heavy atom. The van der Waals surface area contributed by atoms with E-state index in [1.54, 1.807) is 0 Å². The predicted molar refractivity (Wildman–Crippen MR) is 152 cm³/mol. The number of rotatable bonds is 23. The molecule has 0 radical (unpaired) electrons. The minimum absolute atomic E-state index is 0.0685. The van der Waals surface area contributed by atoms with Crippen molar-refractivity contribution in [3.63, 3.8) is 0 Å². The zero-order valence-electron chi connectivity index (χ0n) is 25.0. The van der Waals surface area contributed by atoms with Crippen LogP contribution in [0.1, 0.15) is 110 Å². The summed E-state index contributed by atoms with van der Waals surface area (Å²) in [6.07, 6.45) is 8.38. The first-order valence-electron chi connectivity index (χ1n) is 16.0. The lowest BCUT2D eigenvalue weighted by atomic mass is 9.99. The van der Waals surface area contributed by atoms with E-state index in [9.17, 15) is 35.7 Å². The highest BCUT2D eigenvalue weighted by Crippen LogP contribution is 2.36. The summed E-state index contributed by atoms with van der Waals surface area (Å²) in [5, 5.41) is 70.6. The van der Waals surface area contributed by atoms with Crippen LogP contribution in [0.5, 0.6) is 0 Å². The minimum atomic E-state index is -2.20. The van der Waals surface area contributed by atoms with Gasteiger partial charge in [-0.3, -0.25) is 0 Å². The Morgan fingerprint density at radius 1 is 0.610 bits per heavy atom. The van der Waals surface area contributed by atoms with Gasteiger partial charge in [0.05, 0.1) is 13.2 Å². The van der Waals surface area contributed by atoms with Crippen LogP contribution in [0.2, 0.25) is 0 Å². The Hall–Kier alpha value is -0.440. The molecule has 2 fully saturated rings. The van der Waals surface area contributed by atoms with Gasteiger partial charge in [0.1, 0.15) is 49.3 Å². The molecule has 0 unspecified atom stereocenters. The van der Waals surface area contributed by atoms with E-state index in [2.05, 4.69) is 6.92 Å². The summed E-state index contributed by atoms with van der Waals surface area (Å²) in [4.78, 5) is 0. The van der Waals surface area contributed by atoms with Crippen LogP contribution in [-0.4, -0.2) is 117 Å². The SMILES string of the molecule is CCCCCCCCCCCCCCCCCCOC[C@H]1O[C@H](O[C@]2(CO)O[C@H](CO)[C@@H](O)[C@@H]2O)[C@H](O)[C@@H](O)[C@@H]1O. The largest absolute Gasteiger partial charge is 0.394 e. The summed E-state index contributed by atoms with van der Waals surface area (Å²) in [7, 11) is 0. The van der Waals surface area contributed by atoms with E-state index < -0.39 is 68.0 Å². The molecule has 244 valence electrons. The summed E-state index contributed by atoms with van der Waals surface area (Å²) in [5.41, 5.74) is 0. The third-order valence-electron chi connectivity index (χ3n) is 8.31. The topological polar surface area (TPSA) is 179 Å². The van der Waals surface area contributed by atoms with Crippen molar-refractivity contribution in [2.45, 2.75) is 164 Å². The number of hydrogen-bond acceptors (Lipinski definition) is 11. The van der Waals surface area contributed by atoms with Crippen molar-refractivity contribution in [3.05, 3.63) is 0 Å². The van der Waals surface area contributed by atoms with Crippen molar-refractivity contribution in [1.82, 2.24) is 0 Å². The average molecular weight is 595 g/mol. The van der Waals surface area contributed by atoms with Crippen LogP contribution in [0.3, 0.4) is 0 Å². The third kappa shape index (κ3) is 11.9. The smallest absolute Gasteiger partial charge is 0.224 e. The van der Waals surface area contributed by atoms with Gasteiger partial charge in [0.2, 0.25) is 5.79 Å². The van der Waals surface area contributed by atoms with Crippen molar-refractivity contribution >= 4 is 0 Å². The standard InChI is InChI=1S/C30H58O11/c1-2-3-4-5-6-7-8-9-10-11-12-13-14-15-16-17-18-38-20-23-24(33)26(35)27(36)29(39-23)41-30(21-32)28(37)25(34)22(19-31)40-30/h22-29,31-37H,2-21H2,1H3/t22-,23-,24-,25-,26+,27-,28+,29-,30+/m1/s1. The number of hydrogen-bond donors (Lipinski definition) is 7. The molecule has 0 aliphatic carbocycles. The molecule has 9 atom stereocenters. The molecular weight excluding hydrogens is 536 g/mol. The Morgan fingerprint density at radius 3 is 1.59 bits per heavy atom. The Balaban J connectivity index is 1.56. The van der Waals surface area contributed by atoms with E-state index in [4.69, 9.17) is 18.9 Å². The number of unbranched alkanes of at least 4 members (excludes halogenated alkanes) is 15. The molecule has 0 amide bonds. The summed E-state index contributed by atoms with van der Waals surface area (Å²) < 4.78 is 22.1. The molecule has 2 aliphatic rings. The van der Waals surface area contributed by atoms with Crippen LogP contribution in [0, 0.1) is 0 Å². The second-order valence-corrected chi connectivity index (χ2v) is 11.8. The number of aliphatic hydroxyl groups is 7. The second kappa shape index (κ2) is 20.5. The first-order valence-corrected chi connectivity index (χ1v) is 16.0. The van der Waals surface area contributed by atoms with Gasteiger partial charge >= 0.3 is 0 Å². The highest BCUT2D eigenvalue weighted by molar-refractivity contribution is 4.98. The van der Waals surface area contributed by atoms with E-state index in [0.717, 1.165) is 19.3 Å². The molecule has 0 aromatic carbocycles. The zero-order valence-corrected chi connectivity index (χ0v) is 25.0. The highest BCUT2D eigenvalue weighted by Gasteiger charge is 2.58. The van der Waals surface area contributed by atoms with Crippen LogP contribution in [-0.2, 0) is 18.9 Å².